The van der Waals surface area contributed by atoms with Gasteiger partial charge in [-0.25, -0.2) is 14.5 Å². The summed E-state index contributed by atoms with van der Waals surface area (Å²) in [4.78, 5) is 62.8. The van der Waals surface area contributed by atoms with Crippen LogP contribution in [0, 0.1) is 26.6 Å². The summed E-state index contributed by atoms with van der Waals surface area (Å²) in [7, 11) is 1.57. The zero-order valence-electron chi connectivity index (χ0n) is 31.0. The van der Waals surface area contributed by atoms with Crippen LogP contribution in [0.4, 0.5) is 10.2 Å². The Balaban J connectivity index is 1.02. The number of piperazine rings is 1. The van der Waals surface area contributed by atoms with Crippen molar-refractivity contribution in [3.05, 3.63) is 150 Å². The molecule has 4 heterocycles. The van der Waals surface area contributed by atoms with Gasteiger partial charge in [-0.15, -0.1) is 0 Å². The number of pyridine rings is 2. The molecule has 2 amide bonds. The monoisotopic (exact) mass is 741 g/mol. The lowest BCUT2D eigenvalue weighted by Crippen LogP contribution is -2.49. The molecule has 0 spiro atoms. The molecule has 12 nitrogen and oxygen atoms in total. The number of aryl methyl sites for hydroxylation is 3. The zero-order chi connectivity index (χ0) is 38.8. The third kappa shape index (κ3) is 7.59. The molecule has 7 rings (SSSR count). The fourth-order valence-corrected chi connectivity index (χ4v) is 7.07. The van der Waals surface area contributed by atoms with E-state index >= 15 is 4.39 Å². The number of anilines is 1. The second-order valence-electron chi connectivity index (χ2n) is 13.7. The minimum atomic E-state index is -0.600. The number of hydrogen-bond acceptors (Lipinski definition) is 8. The van der Waals surface area contributed by atoms with Crippen molar-refractivity contribution >= 4 is 28.4 Å². The maximum absolute atomic E-state index is 15.1. The summed E-state index contributed by atoms with van der Waals surface area (Å²) in [5.74, 6) is -0.0115. The third-order valence-corrected chi connectivity index (χ3v) is 10.1. The van der Waals surface area contributed by atoms with Crippen LogP contribution >= 0.6 is 0 Å². The molecule has 3 aromatic carbocycles. The molecule has 280 valence electrons. The molecule has 1 fully saturated rings. The van der Waals surface area contributed by atoms with E-state index in [2.05, 4.69) is 25.4 Å². The Hall–Kier alpha value is -6.63. The first-order valence-electron chi connectivity index (χ1n) is 17.9. The van der Waals surface area contributed by atoms with Crippen LogP contribution in [0.25, 0.3) is 21.9 Å². The second kappa shape index (κ2) is 15.4. The highest BCUT2D eigenvalue weighted by atomic mass is 19.1. The molecule has 3 aromatic heterocycles. The highest BCUT2D eigenvalue weighted by Gasteiger charge is 2.26. The Morgan fingerprint density at radius 3 is 2.35 bits per heavy atom. The van der Waals surface area contributed by atoms with Gasteiger partial charge in [-0.1, -0.05) is 24.3 Å². The number of hydrogen-bond donors (Lipinski definition) is 3. The summed E-state index contributed by atoms with van der Waals surface area (Å²) in [6.07, 6.45) is 2.03. The number of ether oxygens (including phenoxy) is 1. The van der Waals surface area contributed by atoms with Crippen LogP contribution in [0.15, 0.2) is 88.6 Å². The van der Waals surface area contributed by atoms with Crippen LogP contribution in [0.3, 0.4) is 0 Å². The standard InChI is InChI=1S/C42H40FN7O5/c1-24-17-26(3)46-40(52)34(24)23-45-39(51)31-21-32(37(55-4)18-25(31)2)28-10-12-38(44-22-28)49-13-15-50(16-14-49)42(54)33-19-27(9-11-35(33)43)20-36-29-7-5-6-8-30(29)41(53)48-47-36/h5-12,17-19,21-22H,13-16,20,23H2,1-4H3,(H,45,51)(H,46,52)(H,48,53). The van der Waals surface area contributed by atoms with Crippen molar-refractivity contribution in [1.29, 1.82) is 0 Å². The predicted octanol–water partition coefficient (Wildman–Crippen LogP) is 5.23. The van der Waals surface area contributed by atoms with Crippen LogP contribution in [0.1, 0.15) is 54.4 Å². The first kappa shape index (κ1) is 36.7. The molecule has 0 atom stereocenters. The number of H-pyrrole nitrogens is 2. The normalized spacial score (nSPS) is 12.9. The molecule has 0 saturated carbocycles. The molecule has 13 heteroatoms. The minimum Gasteiger partial charge on any atom is -0.496 e. The number of rotatable bonds is 9. The molecule has 1 saturated heterocycles. The van der Waals surface area contributed by atoms with Crippen LogP contribution < -0.4 is 26.1 Å². The molecule has 0 radical (unpaired) electrons. The molecule has 0 aliphatic carbocycles. The first-order chi connectivity index (χ1) is 26.5. The molecule has 0 bridgehead atoms. The lowest BCUT2D eigenvalue weighted by atomic mass is 9.98. The smallest absolute Gasteiger partial charge is 0.272 e. The van der Waals surface area contributed by atoms with Gasteiger partial charge in [-0.3, -0.25) is 19.2 Å². The number of halogens is 1. The Bertz CT molecular complexity index is 2560. The topological polar surface area (TPSA) is 153 Å². The SMILES string of the molecule is COc1cc(C)c(C(=O)NCc2c(C)cc(C)[nH]c2=O)cc1-c1ccc(N2CCN(C(=O)c3cc(Cc4n[nH]c(=O)c5ccccc45)ccc3F)CC2)nc1. The number of carbonyl (C=O) groups excluding carboxylic acids is 2. The summed E-state index contributed by atoms with van der Waals surface area (Å²) >= 11 is 0. The van der Waals surface area contributed by atoms with Crippen molar-refractivity contribution in [3.8, 4) is 16.9 Å². The van der Waals surface area contributed by atoms with Crippen LogP contribution in [0.2, 0.25) is 0 Å². The van der Waals surface area contributed by atoms with Crippen LogP contribution in [-0.2, 0) is 13.0 Å². The number of nitrogens with zero attached hydrogens (tertiary/aromatic N) is 4. The molecular formula is C42H40FN7O5. The van der Waals surface area contributed by atoms with E-state index in [0.717, 1.165) is 22.4 Å². The first-order valence-corrected chi connectivity index (χ1v) is 17.9. The van der Waals surface area contributed by atoms with Gasteiger partial charge in [0.05, 0.1) is 23.8 Å². The lowest BCUT2D eigenvalue weighted by Gasteiger charge is -2.35. The van der Waals surface area contributed by atoms with Gasteiger partial charge in [0.15, 0.2) is 0 Å². The summed E-state index contributed by atoms with van der Waals surface area (Å²) in [5.41, 5.74) is 5.46. The number of aromatic amines is 2. The Kier molecular flexibility index (Phi) is 10.3. The van der Waals surface area contributed by atoms with Gasteiger partial charge in [0.2, 0.25) is 0 Å². The van der Waals surface area contributed by atoms with Crippen molar-refractivity contribution < 1.29 is 18.7 Å². The average Bonchev–Trinajstić information content (AvgIpc) is 3.19. The van der Waals surface area contributed by atoms with Gasteiger partial charge in [-0.05, 0) is 86.0 Å². The fourth-order valence-electron chi connectivity index (χ4n) is 7.07. The number of methoxy groups -OCH3 is 1. The van der Waals surface area contributed by atoms with Crippen molar-refractivity contribution in [3.63, 3.8) is 0 Å². The van der Waals surface area contributed by atoms with E-state index in [4.69, 9.17) is 9.72 Å². The van der Waals surface area contributed by atoms with E-state index in [1.807, 2.05) is 51.1 Å². The van der Waals surface area contributed by atoms with Crippen molar-refractivity contribution in [2.75, 3.05) is 38.2 Å². The molecule has 6 aromatic rings. The average molecular weight is 742 g/mol. The Morgan fingerprint density at radius 1 is 0.873 bits per heavy atom. The number of aromatic nitrogens is 4. The van der Waals surface area contributed by atoms with Crippen LogP contribution in [-0.4, -0.2) is 70.2 Å². The number of amides is 2. The molecule has 55 heavy (non-hydrogen) atoms. The van der Waals surface area contributed by atoms with Gasteiger partial charge in [0.25, 0.3) is 22.9 Å². The van der Waals surface area contributed by atoms with Gasteiger partial charge in [0.1, 0.15) is 17.4 Å². The largest absolute Gasteiger partial charge is 0.496 e. The third-order valence-electron chi connectivity index (χ3n) is 10.1. The molecule has 1 aliphatic heterocycles. The number of carbonyl (C=O) groups is 2. The lowest BCUT2D eigenvalue weighted by molar-refractivity contribution is 0.0741. The van der Waals surface area contributed by atoms with E-state index in [1.54, 1.807) is 54.6 Å². The van der Waals surface area contributed by atoms with Gasteiger partial charge < -0.3 is 24.8 Å². The zero-order valence-corrected chi connectivity index (χ0v) is 31.0. The summed E-state index contributed by atoms with van der Waals surface area (Å²) in [6, 6.07) is 20.9. The van der Waals surface area contributed by atoms with Crippen molar-refractivity contribution in [2.45, 2.75) is 33.7 Å². The van der Waals surface area contributed by atoms with E-state index in [9.17, 15) is 19.2 Å². The highest BCUT2D eigenvalue weighted by molar-refractivity contribution is 5.98. The number of fused-ring (bicyclic) bond motifs is 1. The predicted molar refractivity (Wildman–Crippen MR) is 208 cm³/mol. The van der Waals surface area contributed by atoms with E-state index in [0.29, 0.717) is 82.9 Å². The van der Waals surface area contributed by atoms with Crippen molar-refractivity contribution in [2.24, 2.45) is 0 Å². The van der Waals surface area contributed by atoms with Crippen LogP contribution in [0.5, 0.6) is 5.75 Å². The number of nitrogens with one attached hydrogen (secondary N) is 3. The maximum Gasteiger partial charge on any atom is 0.272 e. The maximum atomic E-state index is 15.1. The van der Waals surface area contributed by atoms with E-state index in [1.165, 1.54) is 6.07 Å². The number of benzene rings is 3. The van der Waals surface area contributed by atoms with Crippen molar-refractivity contribution in [1.82, 2.24) is 30.4 Å². The van der Waals surface area contributed by atoms with E-state index in [-0.39, 0.29) is 29.1 Å². The Labute approximate surface area is 316 Å². The van der Waals surface area contributed by atoms with E-state index < -0.39 is 11.7 Å². The summed E-state index contributed by atoms with van der Waals surface area (Å²) in [6.45, 7) is 7.31. The summed E-state index contributed by atoms with van der Waals surface area (Å²) < 4.78 is 20.7. The molecular weight excluding hydrogens is 702 g/mol. The fraction of sp³-hybridized carbons (Fsp3) is 0.238. The van der Waals surface area contributed by atoms with Gasteiger partial charge in [0, 0.05) is 78.7 Å². The minimum absolute atomic E-state index is 0.0128. The highest BCUT2D eigenvalue weighted by Crippen LogP contribution is 2.33. The van der Waals surface area contributed by atoms with Gasteiger partial charge in [-0.2, -0.15) is 5.10 Å². The molecule has 0 unspecified atom stereocenters. The summed E-state index contributed by atoms with van der Waals surface area (Å²) in [5, 5.41) is 10.9. The molecule has 3 N–H and O–H groups in total. The molecule has 1 aliphatic rings. The van der Waals surface area contributed by atoms with Gasteiger partial charge >= 0.3 is 0 Å². The quantitative estimate of drug-likeness (QED) is 0.182. The second-order valence-corrected chi connectivity index (χ2v) is 13.7. The Morgan fingerprint density at radius 2 is 1.64 bits per heavy atom.